The molecule has 1 N–H and O–H groups in total. The van der Waals surface area contributed by atoms with Gasteiger partial charge >= 0.3 is 0 Å². The lowest BCUT2D eigenvalue weighted by Crippen LogP contribution is -2.09. The minimum absolute atomic E-state index is 0.0627. The van der Waals surface area contributed by atoms with Crippen molar-refractivity contribution in [1.82, 2.24) is 4.98 Å². The van der Waals surface area contributed by atoms with E-state index in [1.807, 2.05) is 36.4 Å². The number of hydrogen-bond acceptors (Lipinski definition) is 4. The first-order valence-corrected chi connectivity index (χ1v) is 6.54. The lowest BCUT2D eigenvalue weighted by Gasteiger charge is -2.21. The largest absolute Gasteiger partial charge is 0.496 e. The van der Waals surface area contributed by atoms with E-state index >= 15 is 0 Å². The van der Waals surface area contributed by atoms with E-state index in [0.29, 0.717) is 6.42 Å². The van der Waals surface area contributed by atoms with Crippen LogP contribution in [0.3, 0.4) is 0 Å². The second-order valence-electron chi connectivity index (χ2n) is 4.40. The van der Waals surface area contributed by atoms with Crippen LogP contribution < -0.4 is 9.47 Å². The molecule has 106 valence electrons. The molecule has 0 amide bonds. The Hall–Kier alpha value is -2.07. The predicted molar refractivity (Wildman–Crippen MR) is 77.3 cm³/mol. The van der Waals surface area contributed by atoms with Gasteiger partial charge in [-0.1, -0.05) is 12.1 Å². The lowest BCUT2D eigenvalue weighted by atomic mass is 9.90. The molecule has 0 radical (unpaired) electrons. The number of ether oxygens (including phenoxy) is 2. The van der Waals surface area contributed by atoms with E-state index in [0.717, 1.165) is 22.8 Å². The molecular formula is C16H19NO3. The number of nitrogens with zero attached hydrogens (tertiary/aromatic N) is 1. The zero-order chi connectivity index (χ0) is 14.4. The van der Waals surface area contributed by atoms with Gasteiger partial charge in [-0.05, 0) is 30.7 Å². The van der Waals surface area contributed by atoms with Crippen LogP contribution in [0.15, 0.2) is 42.6 Å². The SMILES string of the molecule is COc1cccc(OC)c1C(CCO)c1ccccn1. The maximum atomic E-state index is 9.38. The van der Waals surface area contributed by atoms with Gasteiger partial charge in [0, 0.05) is 30.0 Å². The molecule has 1 unspecified atom stereocenters. The summed E-state index contributed by atoms with van der Waals surface area (Å²) in [5, 5.41) is 9.38. The fourth-order valence-corrected chi connectivity index (χ4v) is 2.37. The molecule has 0 saturated heterocycles. The quantitative estimate of drug-likeness (QED) is 0.879. The fourth-order valence-electron chi connectivity index (χ4n) is 2.37. The molecule has 0 spiro atoms. The Bertz CT molecular complexity index is 520. The van der Waals surface area contributed by atoms with Gasteiger partial charge in [-0.3, -0.25) is 4.98 Å². The van der Waals surface area contributed by atoms with Crippen molar-refractivity contribution in [2.45, 2.75) is 12.3 Å². The van der Waals surface area contributed by atoms with E-state index in [2.05, 4.69) is 4.98 Å². The number of rotatable bonds is 6. The third kappa shape index (κ3) is 2.91. The molecule has 4 heteroatoms. The van der Waals surface area contributed by atoms with Gasteiger partial charge in [-0.15, -0.1) is 0 Å². The summed E-state index contributed by atoms with van der Waals surface area (Å²) in [6.07, 6.45) is 2.31. The molecule has 0 aliphatic carbocycles. The lowest BCUT2D eigenvalue weighted by molar-refractivity contribution is 0.278. The molecule has 1 atom stereocenters. The van der Waals surface area contributed by atoms with Crippen LogP contribution in [0.1, 0.15) is 23.6 Å². The van der Waals surface area contributed by atoms with E-state index in [1.165, 1.54) is 0 Å². The highest BCUT2D eigenvalue weighted by Crippen LogP contribution is 2.39. The van der Waals surface area contributed by atoms with Crippen molar-refractivity contribution in [2.24, 2.45) is 0 Å². The first-order chi connectivity index (χ1) is 9.81. The summed E-state index contributed by atoms with van der Waals surface area (Å²) in [4.78, 5) is 4.40. The Morgan fingerprint density at radius 2 is 1.75 bits per heavy atom. The molecule has 0 fully saturated rings. The zero-order valence-corrected chi connectivity index (χ0v) is 11.7. The first kappa shape index (κ1) is 14.3. The average molecular weight is 273 g/mol. The second kappa shape index (κ2) is 6.91. The second-order valence-corrected chi connectivity index (χ2v) is 4.40. The normalized spacial score (nSPS) is 11.9. The topological polar surface area (TPSA) is 51.6 Å². The van der Waals surface area contributed by atoms with E-state index in [9.17, 15) is 5.11 Å². The van der Waals surface area contributed by atoms with Gasteiger partial charge in [0.1, 0.15) is 11.5 Å². The summed E-state index contributed by atoms with van der Waals surface area (Å²) in [5.41, 5.74) is 1.81. The van der Waals surface area contributed by atoms with E-state index in [1.54, 1.807) is 20.4 Å². The van der Waals surface area contributed by atoms with Crippen molar-refractivity contribution >= 4 is 0 Å². The number of methoxy groups -OCH3 is 2. The van der Waals surface area contributed by atoms with Crippen LogP contribution in [-0.4, -0.2) is 30.9 Å². The van der Waals surface area contributed by atoms with E-state index in [-0.39, 0.29) is 12.5 Å². The minimum Gasteiger partial charge on any atom is -0.496 e. The highest BCUT2D eigenvalue weighted by Gasteiger charge is 2.23. The minimum atomic E-state index is -0.0627. The molecule has 0 aliphatic rings. The van der Waals surface area contributed by atoms with Crippen LogP contribution in [0.25, 0.3) is 0 Å². The first-order valence-electron chi connectivity index (χ1n) is 6.54. The molecule has 20 heavy (non-hydrogen) atoms. The number of benzene rings is 1. The van der Waals surface area contributed by atoms with Crippen molar-refractivity contribution in [2.75, 3.05) is 20.8 Å². The van der Waals surface area contributed by atoms with Gasteiger partial charge in [-0.2, -0.15) is 0 Å². The van der Waals surface area contributed by atoms with Crippen LogP contribution in [0.5, 0.6) is 11.5 Å². The Morgan fingerprint density at radius 3 is 2.25 bits per heavy atom. The summed E-state index contributed by atoms with van der Waals surface area (Å²) < 4.78 is 10.9. The van der Waals surface area contributed by atoms with Gasteiger partial charge in [0.25, 0.3) is 0 Å². The molecule has 2 aromatic rings. The van der Waals surface area contributed by atoms with Crippen LogP contribution in [0, 0.1) is 0 Å². The van der Waals surface area contributed by atoms with Crippen LogP contribution in [0.2, 0.25) is 0 Å². The van der Waals surface area contributed by atoms with Gasteiger partial charge in [0.15, 0.2) is 0 Å². The summed E-state index contributed by atoms with van der Waals surface area (Å²) >= 11 is 0. The van der Waals surface area contributed by atoms with Crippen LogP contribution in [0.4, 0.5) is 0 Å². The molecule has 0 aliphatic heterocycles. The third-order valence-corrected chi connectivity index (χ3v) is 3.28. The number of pyridine rings is 1. The number of hydrogen-bond donors (Lipinski definition) is 1. The molecule has 1 aromatic carbocycles. The smallest absolute Gasteiger partial charge is 0.126 e. The Labute approximate surface area is 119 Å². The molecule has 1 heterocycles. The summed E-state index contributed by atoms with van der Waals surface area (Å²) in [6.45, 7) is 0.0719. The van der Waals surface area contributed by atoms with Crippen molar-refractivity contribution in [1.29, 1.82) is 0 Å². The maximum absolute atomic E-state index is 9.38. The molecule has 0 saturated carbocycles. The van der Waals surface area contributed by atoms with E-state index < -0.39 is 0 Å². The molecule has 2 rings (SSSR count). The van der Waals surface area contributed by atoms with E-state index in [4.69, 9.17) is 9.47 Å². The average Bonchev–Trinajstić information content (AvgIpc) is 2.52. The Morgan fingerprint density at radius 1 is 1.05 bits per heavy atom. The Kier molecular flexibility index (Phi) is 4.96. The summed E-state index contributed by atoms with van der Waals surface area (Å²) in [5.74, 6) is 1.43. The van der Waals surface area contributed by atoms with Crippen LogP contribution >= 0.6 is 0 Å². The van der Waals surface area contributed by atoms with Gasteiger partial charge in [0.2, 0.25) is 0 Å². The van der Waals surface area contributed by atoms with Crippen molar-refractivity contribution in [3.8, 4) is 11.5 Å². The molecule has 4 nitrogen and oxygen atoms in total. The summed E-state index contributed by atoms with van der Waals surface area (Å²) in [6, 6.07) is 11.4. The van der Waals surface area contributed by atoms with Gasteiger partial charge in [-0.25, -0.2) is 0 Å². The monoisotopic (exact) mass is 273 g/mol. The van der Waals surface area contributed by atoms with Crippen molar-refractivity contribution < 1.29 is 14.6 Å². The van der Waals surface area contributed by atoms with Gasteiger partial charge in [0.05, 0.1) is 14.2 Å². The highest BCUT2D eigenvalue weighted by atomic mass is 16.5. The van der Waals surface area contributed by atoms with Crippen molar-refractivity contribution in [3.63, 3.8) is 0 Å². The highest BCUT2D eigenvalue weighted by molar-refractivity contribution is 5.50. The third-order valence-electron chi connectivity index (χ3n) is 3.28. The summed E-state index contributed by atoms with van der Waals surface area (Å²) in [7, 11) is 3.26. The fraction of sp³-hybridized carbons (Fsp3) is 0.312. The predicted octanol–water partition coefficient (Wildman–Crippen LogP) is 2.61. The number of aliphatic hydroxyl groups is 1. The molecule has 0 bridgehead atoms. The molecular weight excluding hydrogens is 254 g/mol. The standard InChI is InChI=1S/C16H19NO3/c1-19-14-7-5-8-15(20-2)16(14)12(9-11-18)13-6-3-4-10-17-13/h3-8,10,12,18H,9,11H2,1-2H3. The number of aromatic nitrogens is 1. The van der Waals surface area contributed by atoms with Crippen LogP contribution in [-0.2, 0) is 0 Å². The Balaban J connectivity index is 2.54. The molecule has 1 aromatic heterocycles. The van der Waals surface area contributed by atoms with Gasteiger partial charge < -0.3 is 14.6 Å². The number of aliphatic hydroxyl groups excluding tert-OH is 1. The zero-order valence-electron chi connectivity index (χ0n) is 11.7. The maximum Gasteiger partial charge on any atom is 0.126 e. The van der Waals surface area contributed by atoms with Crippen molar-refractivity contribution in [3.05, 3.63) is 53.9 Å².